The molecule has 0 radical (unpaired) electrons. The van der Waals surface area contributed by atoms with Crippen LogP contribution in [0.25, 0.3) is 0 Å². The number of nitrogens with zero attached hydrogens (tertiary/aromatic N) is 1. The summed E-state index contributed by atoms with van der Waals surface area (Å²) in [6.45, 7) is 2.77. The maximum absolute atomic E-state index is 11.0. The molecule has 1 heterocycles. The first kappa shape index (κ1) is 15.0. The largest absolute Gasteiger partial charge is 0.478 e. The minimum atomic E-state index is -0.895. The lowest BCUT2D eigenvalue weighted by Crippen LogP contribution is -2.01. The number of thioether (sulfide) groups is 1. The lowest BCUT2D eigenvalue weighted by atomic mass is 10.2. The molecule has 0 aromatic carbocycles. The Morgan fingerprint density at radius 2 is 2.28 bits per heavy atom. The molecule has 0 amide bonds. The van der Waals surface area contributed by atoms with Crippen molar-refractivity contribution in [3.63, 3.8) is 0 Å². The van der Waals surface area contributed by atoms with Gasteiger partial charge in [-0.05, 0) is 25.0 Å². The predicted octanol–water partition coefficient (Wildman–Crippen LogP) is 2.86. The van der Waals surface area contributed by atoms with Crippen molar-refractivity contribution in [3.05, 3.63) is 23.4 Å². The highest BCUT2D eigenvalue weighted by atomic mass is 32.2. The molecule has 0 atom stereocenters. The highest BCUT2D eigenvalue weighted by Crippen LogP contribution is 2.19. The number of ether oxygens (including phenoxy) is 1. The number of carboxylic acid groups (broad SMARTS) is 1. The SMILES string of the molecule is CCCc1cc(C(=O)O)cc(SCCCOC)n1. The average molecular weight is 269 g/mol. The van der Waals surface area contributed by atoms with Crippen molar-refractivity contribution in [2.24, 2.45) is 0 Å². The van der Waals surface area contributed by atoms with E-state index < -0.39 is 5.97 Å². The minimum Gasteiger partial charge on any atom is -0.478 e. The summed E-state index contributed by atoms with van der Waals surface area (Å²) >= 11 is 1.58. The predicted molar refractivity (Wildman–Crippen MR) is 72.4 cm³/mol. The molecule has 0 aliphatic rings. The zero-order chi connectivity index (χ0) is 13.4. The summed E-state index contributed by atoms with van der Waals surface area (Å²) in [5.74, 6) is -0.0105. The summed E-state index contributed by atoms with van der Waals surface area (Å²) in [6.07, 6.45) is 2.71. The molecule has 0 fully saturated rings. The van der Waals surface area contributed by atoms with Crippen LogP contribution in [0.2, 0.25) is 0 Å². The van der Waals surface area contributed by atoms with Crippen LogP contribution in [0.4, 0.5) is 0 Å². The number of carboxylic acids is 1. The van der Waals surface area contributed by atoms with Crippen LogP contribution in [-0.2, 0) is 11.2 Å². The smallest absolute Gasteiger partial charge is 0.335 e. The fraction of sp³-hybridized carbons (Fsp3) is 0.538. The molecule has 18 heavy (non-hydrogen) atoms. The lowest BCUT2D eigenvalue weighted by Gasteiger charge is -2.06. The van der Waals surface area contributed by atoms with Crippen molar-refractivity contribution in [2.45, 2.75) is 31.2 Å². The van der Waals surface area contributed by atoms with Crippen molar-refractivity contribution < 1.29 is 14.6 Å². The number of hydrogen-bond donors (Lipinski definition) is 1. The third-order valence-electron chi connectivity index (χ3n) is 2.35. The van der Waals surface area contributed by atoms with Gasteiger partial charge in [-0.1, -0.05) is 13.3 Å². The van der Waals surface area contributed by atoms with E-state index in [1.165, 1.54) is 0 Å². The molecule has 1 N–H and O–H groups in total. The Hall–Kier alpha value is -1.07. The number of aryl methyl sites for hydroxylation is 1. The minimum absolute atomic E-state index is 0.322. The van der Waals surface area contributed by atoms with E-state index in [1.807, 2.05) is 0 Å². The maximum atomic E-state index is 11.0. The average Bonchev–Trinajstić information content (AvgIpc) is 2.35. The first-order chi connectivity index (χ1) is 8.67. The Kier molecular flexibility index (Phi) is 6.75. The lowest BCUT2D eigenvalue weighted by molar-refractivity contribution is 0.0696. The van der Waals surface area contributed by atoms with Gasteiger partial charge < -0.3 is 9.84 Å². The molecule has 1 aromatic heterocycles. The molecule has 0 unspecified atom stereocenters. The molecule has 0 saturated carbocycles. The number of aromatic carboxylic acids is 1. The first-order valence-electron chi connectivity index (χ1n) is 6.03. The van der Waals surface area contributed by atoms with Crippen molar-refractivity contribution in [2.75, 3.05) is 19.5 Å². The molecular weight excluding hydrogens is 250 g/mol. The summed E-state index contributed by atoms with van der Waals surface area (Å²) in [7, 11) is 1.67. The van der Waals surface area contributed by atoms with Gasteiger partial charge in [0.25, 0.3) is 0 Å². The topological polar surface area (TPSA) is 59.4 Å². The molecule has 0 saturated heterocycles. The van der Waals surface area contributed by atoms with Crippen molar-refractivity contribution in [3.8, 4) is 0 Å². The molecule has 0 aliphatic heterocycles. The van der Waals surface area contributed by atoms with Gasteiger partial charge in [0.05, 0.1) is 10.6 Å². The number of aromatic nitrogens is 1. The van der Waals surface area contributed by atoms with E-state index in [0.717, 1.165) is 35.7 Å². The highest BCUT2D eigenvalue weighted by Gasteiger charge is 2.08. The second-order valence-electron chi connectivity index (χ2n) is 3.94. The molecule has 0 aliphatic carbocycles. The van der Waals surface area contributed by atoms with Crippen LogP contribution in [0.5, 0.6) is 0 Å². The fourth-order valence-corrected chi connectivity index (χ4v) is 2.39. The summed E-state index contributed by atoms with van der Waals surface area (Å²) in [5, 5.41) is 9.84. The van der Waals surface area contributed by atoms with Crippen molar-refractivity contribution in [1.29, 1.82) is 0 Å². The summed E-state index contributed by atoms with van der Waals surface area (Å²) in [6, 6.07) is 3.30. The van der Waals surface area contributed by atoms with Gasteiger partial charge in [0, 0.05) is 25.2 Å². The second kappa shape index (κ2) is 8.11. The maximum Gasteiger partial charge on any atom is 0.335 e. The van der Waals surface area contributed by atoms with E-state index in [-0.39, 0.29) is 0 Å². The van der Waals surface area contributed by atoms with Crippen molar-refractivity contribution in [1.82, 2.24) is 4.98 Å². The number of methoxy groups -OCH3 is 1. The third-order valence-corrected chi connectivity index (χ3v) is 3.35. The van der Waals surface area contributed by atoms with Crippen LogP contribution in [0, 0.1) is 0 Å². The molecule has 0 spiro atoms. The van der Waals surface area contributed by atoms with Crippen LogP contribution in [0.15, 0.2) is 17.2 Å². The normalized spacial score (nSPS) is 10.6. The molecule has 1 aromatic rings. The van der Waals surface area contributed by atoms with Crippen LogP contribution < -0.4 is 0 Å². The van der Waals surface area contributed by atoms with E-state index in [0.29, 0.717) is 12.2 Å². The second-order valence-corrected chi connectivity index (χ2v) is 5.05. The molecule has 1 rings (SSSR count). The number of carbonyl (C=O) groups is 1. The zero-order valence-corrected chi connectivity index (χ0v) is 11.6. The van der Waals surface area contributed by atoms with Gasteiger partial charge in [0.1, 0.15) is 0 Å². The van der Waals surface area contributed by atoms with Crippen molar-refractivity contribution >= 4 is 17.7 Å². The summed E-state index contributed by atoms with van der Waals surface area (Å²) in [5.41, 5.74) is 1.18. The quantitative estimate of drug-likeness (QED) is 0.581. The highest BCUT2D eigenvalue weighted by molar-refractivity contribution is 7.99. The summed E-state index contributed by atoms with van der Waals surface area (Å²) in [4.78, 5) is 15.5. The zero-order valence-electron chi connectivity index (χ0n) is 10.8. The van der Waals surface area contributed by atoms with Gasteiger partial charge in [-0.25, -0.2) is 9.78 Å². The molecule has 0 bridgehead atoms. The Bertz CT molecular complexity index is 396. The van der Waals surface area contributed by atoms with Gasteiger partial charge in [-0.15, -0.1) is 11.8 Å². The monoisotopic (exact) mass is 269 g/mol. The van der Waals surface area contributed by atoms with Gasteiger partial charge in [0.2, 0.25) is 0 Å². The fourth-order valence-electron chi connectivity index (χ4n) is 1.52. The van der Waals surface area contributed by atoms with Crippen LogP contribution in [0.1, 0.15) is 35.8 Å². The molecular formula is C13H19NO3S. The Labute approximate surface area is 112 Å². The van der Waals surface area contributed by atoms with Crippen LogP contribution in [-0.4, -0.2) is 35.5 Å². The van der Waals surface area contributed by atoms with Gasteiger partial charge in [-0.2, -0.15) is 0 Å². The Morgan fingerprint density at radius 1 is 1.50 bits per heavy atom. The van der Waals surface area contributed by atoms with Crippen LogP contribution in [0.3, 0.4) is 0 Å². The number of rotatable bonds is 8. The Balaban J connectivity index is 2.72. The van der Waals surface area contributed by atoms with Gasteiger partial charge in [0.15, 0.2) is 0 Å². The first-order valence-corrected chi connectivity index (χ1v) is 7.02. The molecule has 4 nitrogen and oxygen atoms in total. The van der Waals surface area contributed by atoms with E-state index in [4.69, 9.17) is 9.84 Å². The standard InChI is InChI=1S/C13H19NO3S/c1-3-5-11-8-10(13(15)16)9-12(14-11)18-7-4-6-17-2/h8-9H,3-7H2,1-2H3,(H,15,16). The molecule has 5 heteroatoms. The Morgan fingerprint density at radius 3 is 2.89 bits per heavy atom. The number of pyridine rings is 1. The number of hydrogen-bond acceptors (Lipinski definition) is 4. The van der Waals surface area contributed by atoms with Gasteiger partial charge >= 0.3 is 5.97 Å². The molecule has 100 valence electrons. The van der Waals surface area contributed by atoms with E-state index in [2.05, 4.69) is 11.9 Å². The third kappa shape index (κ3) is 5.06. The van der Waals surface area contributed by atoms with E-state index in [9.17, 15) is 4.79 Å². The van der Waals surface area contributed by atoms with E-state index in [1.54, 1.807) is 31.0 Å². The summed E-state index contributed by atoms with van der Waals surface area (Å²) < 4.78 is 4.98. The van der Waals surface area contributed by atoms with Gasteiger partial charge in [-0.3, -0.25) is 0 Å². The van der Waals surface area contributed by atoms with Crippen LogP contribution >= 0.6 is 11.8 Å². The van der Waals surface area contributed by atoms with E-state index >= 15 is 0 Å².